The second-order valence-corrected chi connectivity index (χ2v) is 9.69. The lowest BCUT2D eigenvalue weighted by Gasteiger charge is -2.39. The Hall–Kier alpha value is -2.56. The summed E-state index contributed by atoms with van der Waals surface area (Å²) in [6.07, 6.45) is 6.24. The first kappa shape index (κ1) is 20.7. The highest BCUT2D eigenvalue weighted by Crippen LogP contribution is 2.47. The monoisotopic (exact) mass is 409 g/mol. The molecule has 1 aromatic rings. The molecule has 0 aromatic heterocycles. The van der Waals surface area contributed by atoms with E-state index in [2.05, 4.69) is 19.2 Å². The number of dihydropyridines is 1. The quantitative estimate of drug-likeness (QED) is 0.697. The van der Waals surface area contributed by atoms with Crippen molar-refractivity contribution in [2.75, 3.05) is 0 Å². The zero-order valence-corrected chi connectivity index (χ0v) is 18.1. The Balaban J connectivity index is 1.76. The van der Waals surface area contributed by atoms with E-state index in [0.717, 1.165) is 49.1 Å². The van der Waals surface area contributed by atoms with Crippen LogP contribution in [0.2, 0.25) is 0 Å². The number of carbonyl (C=O) groups is 2. The number of hydrogen-bond acceptors (Lipinski definition) is 5. The van der Waals surface area contributed by atoms with Gasteiger partial charge in [0, 0.05) is 29.3 Å². The van der Waals surface area contributed by atoms with Gasteiger partial charge in [-0.3, -0.25) is 4.79 Å². The summed E-state index contributed by atoms with van der Waals surface area (Å²) in [5.41, 5.74) is 3.35. The van der Waals surface area contributed by atoms with Gasteiger partial charge in [0.2, 0.25) is 0 Å². The number of phenolic OH excluding ortho intramolecular Hbond substituents is 1. The zero-order chi connectivity index (χ0) is 21.5. The van der Waals surface area contributed by atoms with Crippen LogP contribution in [0.1, 0.15) is 77.2 Å². The van der Waals surface area contributed by atoms with Gasteiger partial charge in [-0.25, -0.2) is 4.79 Å². The summed E-state index contributed by atoms with van der Waals surface area (Å²) in [7, 11) is 0. The molecule has 4 rings (SSSR count). The van der Waals surface area contributed by atoms with E-state index in [0.29, 0.717) is 17.6 Å². The Labute approximate surface area is 178 Å². The molecular weight excluding hydrogens is 378 g/mol. The molecule has 0 unspecified atom stereocenters. The smallest absolute Gasteiger partial charge is 0.337 e. The van der Waals surface area contributed by atoms with E-state index in [4.69, 9.17) is 4.74 Å². The van der Waals surface area contributed by atoms with Crippen LogP contribution < -0.4 is 5.32 Å². The third kappa shape index (κ3) is 4.03. The first-order chi connectivity index (χ1) is 14.2. The molecule has 1 saturated carbocycles. The van der Waals surface area contributed by atoms with Crippen molar-refractivity contribution in [1.29, 1.82) is 0 Å². The predicted octanol–water partition coefficient (Wildman–Crippen LogP) is 4.87. The van der Waals surface area contributed by atoms with Crippen molar-refractivity contribution in [1.82, 2.24) is 5.32 Å². The van der Waals surface area contributed by atoms with Crippen molar-refractivity contribution in [3.8, 4) is 5.75 Å². The first-order valence-corrected chi connectivity index (χ1v) is 11.0. The molecule has 160 valence electrons. The van der Waals surface area contributed by atoms with E-state index in [1.807, 2.05) is 13.0 Å². The normalized spacial score (nSPS) is 24.4. The fourth-order valence-corrected chi connectivity index (χ4v) is 5.14. The van der Waals surface area contributed by atoms with E-state index in [9.17, 15) is 14.7 Å². The first-order valence-electron chi connectivity index (χ1n) is 11.0. The van der Waals surface area contributed by atoms with Gasteiger partial charge >= 0.3 is 5.97 Å². The molecule has 2 N–H and O–H groups in total. The van der Waals surface area contributed by atoms with Gasteiger partial charge in [-0.05, 0) is 62.1 Å². The minimum Gasteiger partial charge on any atom is -0.508 e. The summed E-state index contributed by atoms with van der Waals surface area (Å²) in [4.78, 5) is 26.6. The molecule has 0 amide bonds. The Morgan fingerprint density at radius 2 is 1.90 bits per heavy atom. The van der Waals surface area contributed by atoms with Crippen LogP contribution in [-0.4, -0.2) is 23.0 Å². The summed E-state index contributed by atoms with van der Waals surface area (Å²) < 4.78 is 5.91. The van der Waals surface area contributed by atoms with Crippen molar-refractivity contribution in [2.45, 2.75) is 77.7 Å². The van der Waals surface area contributed by atoms with Crippen LogP contribution >= 0.6 is 0 Å². The molecule has 3 aliphatic rings. The highest BCUT2D eigenvalue weighted by molar-refractivity contribution is 6.04. The average Bonchev–Trinajstić information content (AvgIpc) is 2.66. The number of nitrogens with one attached hydrogen (secondary N) is 1. The Kier molecular flexibility index (Phi) is 5.48. The lowest BCUT2D eigenvalue weighted by molar-refractivity contribution is -0.146. The third-order valence-corrected chi connectivity index (χ3v) is 6.49. The average molecular weight is 410 g/mol. The van der Waals surface area contributed by atoms with Crippen LogP contribution in [0.5, 0.6) is 5.75 Å². The van der Waals surface area contributed by atoms with Gasteiger partial charge in [-0.1, -0.05) is 32.4 Å². The maximum Gasteiger partial charge on any atom is 0.337 e. The van der Waals surface area contributed by atoms with Crippen LogP contribution in [0.4, 0.5) is 0 Å². The van der Waals surface area contributed by atoms with Crippen LogP contribution in [0.25, 0.3) is 0 Å². The molecular formula is C25H31NO4. The van der Waals surface area contributed by atoms with Gasteiger partial charge in [-0.2, -0.15) is 0 Å². The number of hydrogen-bond donors (Lipinski definition) is 2. The van der Waals surface area contributed by atoms with Gasteiger partial charge in [0.1, 0.15) is 11.9 Å². The third-order valence-electron chi connectivity index (χ3n) is 6.49. The molecule has 1 aliphatic heterocycles. The molecule has 1 fully saturated rings. The van der Waals surface area contributed by atoms with Crippen LogP contribution in [0.3, 0.4) is 0 Å². The molecule has 1 atom stereocenters. The number of benzene rings is 1. The largest absolute Gasteiger partial charge is 0.508 e. The van der Waals surface area contributed by atoms with Crippen molar-refractivity contribution < 1.29 is 19.4 Å². The second kappa shape index (κ2) is 7.93. The molecule has 0 bridgehead atoms. The molecule has 5 nitrogen and oxygen atoms in total. The number of rotatable bonds is 3. The predicted molar refractivity (Wildman–Crippen MR) is 115 cm³/mol. The second-order valence-electron chi connectivity index (χ2n) is 9.69. The number of Topliss-reactive ketones (excluding diaryl/α,β-unsaturated/α-hetero) is 1. The Bertz CT molecular complexity index is 934. The SMILES string of the molecule is CC1=C(C(=O)OC2CCCCC2)[C@@H](c2cccc(O)c2)C2=C(CC(C)(C)CC2=O)N1. The van der Waals surface area contributed by atoms with Crippen LogP contribution in [0.15, 0.2) is 46.8 Å². The minimum atomic E-state index is -0.520. The maximum atomic E-state index is 13.3. The van der Waals surface area contributed by atoms with E-state index in [1.54, 1.807) is 18.2 Å². The lowest BCUT2D eigenvalue weighted by Crippen LogP contribution is -2.39. The van der Waals surface area contributed by atoms with Crippen molar-refractivity contribution in [2.24, 2.45) is 5.41 Å². The highest BCUT2D eigenvalue weighted by atomic mass is 16.5. The molecule has 2 aliphatic carbocycles. The number of carbonyl (C=O) groups excluding carboxylic acids is 2. The Morgan fingerprint density at radius 3 is 2.60 bits per heavy atom. The van der Waals surface area contributed by atoms with Crippen molar-refractivity contribution in [3.63, 3.8) is 0 Å². The summed E-state index contributed by atoms with van der Waals surface area (Å²) in [5.74, 6) is -0.704. The summed E-state index contributed by atoms with van der Waals surface area (Å²) in [6, 6.07) is 6.87. The van der Waals surface area contributed by atoms with E-state index < -0.39 is 5.92 Å². The van der Waals surface area contributed by atoms with Crippen molar-refractivity contribution >= 4 is 11.8 Å². The summed E-state index contributed by atoms with van der Waals surface area (Å²) in [5, 5.41) is 13.5. The summed E-state index contributed by atoms with van der Waals surface area (Å²) >= 11 is 0. The van der Waals surface area contributed by atoms with Crippen LogP contribution in [0, 0.1) is 5.41 Å². The van der Waals surface area contributed by atoms with E-state index in [-0.39, 0.29) is 29.0 Å². The number of esters is 1. The minimum absolute atomic E-state index is 0.0533. The number of ketones is 1. The number of phenols is 1. The zero-order valence-electron chi connectivity index (χ0n) is 18.1. The number of allylic oxidation sites excluding steroid dienone is 3. The molecule has 30 heavy (non-hydrogen) atoms. The van der Waals surface area contributed by atoms with E-state index >= 15 is 0 Å². The standard InChI is InChI=1S/C25H31NO4/c1-15-21(24(29)30-18-10-5-4-6-11-18)22(16-8-7-9-17(27)12-16)23-19(26-15)13-25(2,3)14-20(23)28/h7-9,12,18,22,26-27H,4-6,10-11,13-14H2,1-3H3/t22-/m1/s1. The summed E-state index contributed by atoms with van der Waals surface area (Å²) in [6.45, 7) is 6.06. The number of ether oxygens (including phenoxy) is 1. The molecule has 5 heteroatoms. The molecule has 1 aromatic carbocycles. The number of aromatic hydroxyl groups is 1. The fourth-order valence-electron chi connectivity index (χ4n) is 5.14. The van der Waals surface area contributed by atoms with Crippen LogP contribution in [-0.2, 0) is 14.3 Å². The topological polar surface area (TPSA) is 75.6 Å². The van der Waals surface area contributed by atoms with Gasteiger partial charge in [-0.15, -0.1) is 0 Å². The maximum absolute atomic E-state index is 13.3. The molecule has 1 heterocycles. The molecule has 0 spiro atoms. The van der Waals surface area contributed by atoms with Gasteiger partial charge in [0.05, 0.1) is 5.57 Å². The molecule has 0 saturated heterocycles. The lowest BCUT2D eigenvalue weighted by atomic mass is 9.68. The highest BCUT2D eigenvalue weighted by Gasteiger charge is 2.43. The molecule has 0 radical (unpaired) electrons. The van der Waals surface area contributed by atoms with Crippen molar-refractivity contribution in [3.05, 3.63) is 52.4 Å². The van der Waals surface area contributed by atoms with Gasteiger partial charge < -0.3 is 15.2 Å². The Morgan fingerprint density at radius 1 is 1.17 bits per heavy atom. The van der Waals surface area contributed by atoms with Gasteiger partial charge in [0.25, 0.3) is 0 Å². The van der Waals surface area contributed by atoms with E-state index in [1.165, 1.54) is 6.42 Å². The fraction of sp³-hybridized carbons (Fsp3) is 0.520. The van der Waals surface area contributed by atoms with Gasteiger partial charge in [0.15, 0.2) is 5.78 Å².